The number of amides is 2. The molecule has 3 unspecified atom stereocenters. The summed E-state index contributed by atoms with van der Waals surface area (Å²) in [6.45, 7) is 7.87. The van der Waals surface area contributed by atoms with Crippen molar-refractivity contribution in [3.05, 3.63) is 130 Å². The van der Waals surface area contributed by atoms with E-state index >= 15 is 0 Å². The summed E-state index contributed by atoms with van der Waals surface area (Å²) in [5, 5.41) is 9.69. The highest BCUT2D eigenvalue weighted by Crippen LogP contribution is 2.39. The van der Waals surface area contributed by atoms with E-state index in [0.717, 1.165) is 59.4 Å². The standard InChI is InChI=1S/C49H62N2O5/c1-3-5-7-9-11-15-30-50(31-16-12-10-8-6-4-2)35-43-33-46(40-24-22-37(36-52)23-25-40)56-49(55-43)41-28-26-39(27-29-41)42-19-17-18-38(32-42)34-51-47(53)44-20-13-14-21-45(44)48(51)54/h13-14,17-29,32,43,46,49,52H,3-12,15-16,30-31,33-36H2,1-2H3. The Labute approximate surface area is 335 Å². The van der Waals surface area contributed by atoms with Gasteiger partial charge in [-0.3, -0.25) is 14.5 Å². The van der Waals surface area contributed by atoms with Gasteiger partial charge in [-0.25, -0.2) is 0 Å². The lowest BCUT2D eigenvalue weighted by molar-refractivity contribution is -0.253. The minimum atomic E-state index is -0.518. The van der Waals surface area contributed by atoms with Gasteiger partial charge < -0.3 is 19.5 Å². The molecule has 1 saturated heterocycles. The number of imide groups is 1. The molecule has 56 heavy (non-hydrogen) atoms. The summed E-state index contributed by atoms with van der Waals surface area (Å²) in [4.78, 5) is 30.0. The largest absolute Gasteiger partial charge is 0.392 e. The van der Waals surface area contributed by atoms with Gasteiger partial charge in [0, 0.05) is 18.5 Å². The second-order valence-corrected chi connectivity index (χ2v) is 15.8. The third-order valence-electron chi connectivity index (χ3n) is 11.4. The van der Waals surface area contributed by atoms with Crippen LogP contribution in [0.5, 0.6) is 0 Å². The normalized spacial score (nSPS) is 18.2. The molecule has 1 N–H and O–H groups in total. The molecular formula is C49H62N2O5. The number of hydrogen-bond acceptors (Lipinski definition) is 6. The van der Waals surface area contributed by atoms with Crippen molar-refractivity contribution < 1.29 is 24.2 Å². The fourth-order valence-electron chi connectivity index (χ4n) is 8.09. The van der Waals surface area contributed by atoms with E-state index in [1.54, 1.807) is 24.3 Å². The average molecular weight is 759 g/mol. The highest BCUT2D eigenvalue weighted by atomic mass is 16.7. The monoisotopic (exact) mass is 758 g/mol. The minimum absolute atomic E-state index is 0.00922. The molecule has 0 aromatic heterocycles. The number of nitrogens with zero attached hydrogens (tertiary/aromatic N) is 2. The van der Waals surface area contributed by atoms with Crippen molar-refractivity contribution in [3.8, 4) is 11.1 Å². The number of aliphatic hydroxyl groups is 1. The Hall–Kier alpha value is -4.14. The number of fused-ring (bicyclic) bond motifs is 1. The molecule has 1 fully saturated rings. The van der Waals surface area contributed by atoms with Gasteiger partial charge in [0.05, 0.1) is 36.5 Å². The van der Waals surface area contributed by atoms with Crippen molar-refractivity contribution in [2.45, 2.75) is 129 Å². The summed E-state index contributed by atoms with van der Waals surface area (Å²) < 4.78 is 13.6. The second kappa shape index (κ2) is 21.4. The predicted molar refractivity (Wildman–Crippen MR) is 224 cm³/mol. The molecule has 4 aromatic rings. The molecule has 2 aliphatic heterocycles. The van der Waals surface area contributed by atoms with Crippen molar-refractivity contribution >= 4 is 11.8 Å². The first-order chi connectivity index (χ1) is 27.5. The molecule has 4 aromatic carbocycles. The molecule has 2 heterocycles. The van der Waals surface area contributed by atoms with Crippen LogP contribution in [0.1, 0.15) is 153 Å². The van der Waals surface area contributed by atoms with Crippen molar-refractivity contribution in [3.63, 3.8) is 0 Å². The first-order valence-electron chi connectivity index (χ1n) is 21.3. The number of benzene rings is 4. The lowest BCUT2D eigenvalue weighted by Crippen LogP contribution is -2.40. The zero-order chi connectivity index (χ0) is 39.1. The van der Waals surface area contributed by atoms with Crippen LogP contribution >= 0.6 is 0 Å². The highest BCUT2D eigenvalue weighted by molar-refractivity contribution is 6.21. The molecule has 0 aliphatic carbocycles. The fourth-order valence-corrected chi connectivity index (χ4v) is 8.09. The number of aliphatic hydroxyl groups excluding tert-OH is 1. The fraction of sp³-hybridized carbons (Fsp3) is 0.469. The van der Waals surface area contributed by atoms with Gasteiger partial charge in [-0.2, -0.15) is 0 Å². The highest BCUT2D eigenvalue weighted by Gasteiger charge is 2.35. The van der Waals surface area contributed by atoms with E-state index in [2.05, 4.69) is 67.3 Å². The Morgan fingerprint density at radius 2 is 1.21 bits per heavy atom. The second-order valence-electron chi connectivity index (χ2n) is 15.8. The summed E-state index contributed by atoms with van der Waals surface area (Å²) in [6.07, 6.45) is 15.6. The van der Waals surface area contributed by atoms with E-state index in [9.17, 15) is 14.7 Å². The minimum Gasteiger partial charge on any atom is -0.392 e. The summed E-state index contributed by atoms with van der Waals surface area (Å²) >= 11 is 0. The van der Waals surface area contributed by atoms with Crippen LogP contribution < -0.4 is 0 Å². The Kier molecular flexibility index (Phi) is 15.9. The molecule has 2 amide bonds. The van der Waals surface area contributed by atoms with Crippen LogP contribution in [0.4, 0.5) is 0 Å². The van der Waals surface area contributed by atoms with Crippen LogP contribution in [0, 0.1) is 0 Å². The lowest BCUT2D eigenvalue weighted by Gasteiger charge is -2.38. The number of carbonyl (C=O) groups excluding carboxylic acids is 2. The maximum absolute atomic E-state index is 13.0. The van der Waals surface area contributed by atoms with Crippen molar-refractivity contribution in [2.24, 2.45) is 0 Å². The van der Waals surface area contributed by atoms with Gasteiger partial charge in [0.2, 0.25) is 0 Å². The van der Waals surface area contributed by atoms with Gasteiger partial charge in [0.15, 0.2) is 6.29 Å². The SMILES string of the molecule is CCCCCCCCN(CCCCCCCC)CC1CC(c2ccc(CO)cc2)OC(c2ccc(-c3cccc(CN4C(=O)c5ccccc5C4=O)c3)cc2)O1. The molecule has 0 radical (unpaired) electrons. The number of rotatable bonds is 22. The molecule has 298 valence electrons. The molecule has 0 spiro atoms. The maximum atomic E-state index is 13.0. The van der Waals surface area contributed by atoms with E-state index in [0.29, 0.717) is 11.1 Å². The predicted octanol–water partition coefficient (Wildman–Crippen LogP) is 11.2. The summed E-state index contributed by atoms with van der Waals surface area (Å²) in [5.74, 6) is -0.497. The quantitative estimate of drug-likeness (QED) is 0.0635. The maximum Gasteiger partial charge on any atom is 0.261 e. The van der Waals surface area contributed by atoms with E-state index < -0.39 is 6.29 Å². The van der Waals surface area contributed by atoms with Crippen LogP contribution in [0.15, 0.2) is 97.1 Å². The number of unbranched alkanes of at least 4 members (excludes halogenated alkanes) is 10. The zero-order valence-electron chi connectivity index (χ0n) is 33.7. The summed E-state index contributed by atoms with van der Waals surface area (Å²) in [6, 6.07) is 31.6. The molecule has 7 heteroatoms. The van der Waals surface area contributed by atoms with Crippen molar-refractivity contribution in [1.29, 1.82) is 0 Å². The van der Waals surface area contributed by atoms with Crippen LogP contribution in [-0.4, -0.2) is 52.5 Å². The average Bonchev–Trinajstić information content (AvgIpc) is 3.47. The van der Waals surface area contributed by atoms with Crippen molar-refractivity contribution in [2.75, 3.05) is 19.6 Å². The van der Waals surface area contributed by atoms with Gasteiger partial charge in [-0.15, -0.1) is 0 Å². The topological polar surface area (TPSA) is 79.3 Å². The third-order valence-corrected chi connectivity index (χ3v) is 11.4. The van der Waals surface area contributed by atoms with E-state index in [-0.39, 0.29) is 37.2 Å². The van der Waals surface area contributed by atoms with Gasteiger partial charge in [0.1, 0.15) is 0 Å². The van der Waals surface area contributed by atoms with Crippen LogP contribution in [0.3, 0.4) is 0 Å². The number of hydrogen-bond donors (Lipinski definition) is 1. The van der Waals surface area contributed by atoms with Gasteiger partial charge in [-0.05, 0) is 71.9 Å². The molecule has 7 nitrogen and oxygen atoms in total. The van der Waals surface area contributed by atoms with Gasteiger partial charge in [0.25, 0.3) is 11.8 Å². The lowest BCUT2D eigenvalue weighted by atomic mass is 9.98. The molecule has 3 atom stereocenters. The number of carbonyl (C=O) groups is 2. The Morgan fingerprint density at radius 1 is 0.625 bits per heavy atom. The third kappa shape index (κ3) is 11.3. The van der Waals surface area contributed by atoms with E-state index in [4.69, 9.17) is 9.47 Å². The van der Waals surface area contributed by atoms with Crippen molar-refractivity contribution in [1.82, 2.24) is 9.80 Å². The Bertz CT molecular complexity index is 1770. The van der Waals surface area contributed by atoms with Gasteiger partial charge in [-0.1, -0.05) is 157 Å². The zero-order valence-corrected chi connectivity index (χ0v) is 33.7. The molecular weight excluding hydrogens is 697 g/mol. The van der Waals surface area contributed by atoms with Gasteiger partial charge >= 0.3 is 0 Å². The molecule has 6 rings (SSSR count). The summed E-state index contributed by atoms with van der Waals surface area (Å²) in [5.41, 5.74) is 6.83. The molecule has 0 bridgehead atoms. The summed E-state index contributed by atoms with van der Waals surface area (Å²) in [7, 11) is 0. The Morgan fingerprint density at radius 3 is 1.82 bits per heavy atom. The first-order valence-corrected chi connectivity index (χ1v) is 21.3. The smallest absolute Gasteiger partial charge is 0.261 e. The van der Waals surface area contributed by atoms with E-state index in [1.807, 2.05) is 24.3 Å². The molecule has 0 saturated carbocycles. The van der Waals surface area contributed by atoms with Crippen LogP contribution in [0.2, 0.25) is 0 Å². The Balaban J connectivity index is 1.15. The molecule has 2 aliphatic rings. The van der Waals surface area contributed by atoms with Crippen LogP contribution in [-0.2, 0) is 22.6 Å². The number of ether oxygens (including phenoxy) is 2. The van der Waals surface area contributed by atoms with Crippen LogP contribution in [0.25, 0.3) is 11.1 Å². The van der Waals surface area contributed by atoms with E-state index in [1.165, 1.54) is 81.9 Å². The first kappa shape index (κ1) is 41.5.